The van der Waals surface area contributed by atoms with Crippen LogP contribution in [0.3, 0.4) is 0 Å². The van der Waals surface area contributed by atoms with Crippen LogP contribution in [-0.4, -0.2) is 31.6 Å². The number of amides is 1. The van der Waals surface area contributed by atoms with Crippen LogP contribution >= 0.6 is 0 Å². The molecule has 1 aliphatic rings. The average Bonchev–Trinajstić information content (AvgIpc) is 2.43. The van der Waals surface area contributed by atoms with Crippen LogP contribution in [0.2, 0.25) is 0 Å². The molecule has 20 heavy (non-hydrogen) atoms. The molecule has 0 aliphatic carbocycles. The van der Waals surface area contributed by atoms with Crippen molar-refractivity contribution >= 4 is 5.91 Å². The Bertz CT molecular complexity index is 481. The molecule has 0 saturated carbocycles. The normalized spacial score (nSPS) is 22.6. The first-order valence-corrected chi connectivity index (χ1v) is 6.77. The third-order valence-electron chi connectivity index (χ3n) is 3.57. The summed E-state index contributed by atoms with van der Waals surface area (Å²) in [4.78, 5) is 11.7. The maximum absolute atomic E-state index is 13.4. The highest BCUT2D eigenvalue weighted by Gasteiger charge is 2.28. The molecule has 2 unspecified atom stereocenters. The Morgan fingerprint density at radius 2 is 2.20 bits per heavy atom. The first-order chi connectivity index (χ1) is 9.61. The van der Waals surface area contributed by atoms with Gasteiger partial charge in [0, 0.05) is 31.5 Å². The van der Waals surface area contributed by atoms with Crippen molar-refractivity contribution in [2.24, 2.45) is 5.73 Å². The van der Waals surface area contributed by atoms with Gasteiger partial charge in [0.1, 0.15) is 0 Å². The number of hydrogen-bond donors (Lipinski definition) is 3. The summed E-state index contributed by atoms with van der Waals surface area (Å²) in [5.41, 5.74) is 6.06. The molecule has 6 heteroatoms. The van der Waals surface area contributed by atoms with Crippen LogP contribution in [0.4, 0.5) is 8.78 Å². The Balaban J connectivity index is 2.13. The van der Waals surface area contributed by atoms with Crippen LogP contribution < -0.4 is 16.4 Å². The summed E-state index contributed by atoms with van der Waals surface area (Å²) in [5, 5.41) is 6.10. The summed E-state index contributed by atoms with van der Waals surface area (Å²) in [6, 6.07) is 3.79. The summed E-state index contributed by atoms with van der Waals surface area (Å²) in [5.74, 6) is -1.85. The maximum Gasteiger partial charge on any atom is 0.221 e. The fraction of sp³-hybridized carbons (Fsp3) is 0.500. The third kappa shape index (κ3) is 3.52. The number of hydrogen-bond acceptors (Lipinski definition) is 3. The summed E-state index contributed by atoms with van der Waals surface area (Å²) in [6.45, 7) is 1.69. The number of carbonyl (C=O) groups is 1. The number of rotatable bonds is 4. The predicted molar refractivity (Wildman–Crippen MR) is 72.2 cm³/mol. The number of nitrogens with one attached hydrogen (secondary N) is 2. The lowest BCUT2D eigenvalue weighted by Crippen LogP contribution is -2.50. The minimum absolute atomic E-state index is 0.0203. The maximum atomic E-state index is 13.4. The van der Waals surface area contributed by atoms with E-state index in [0.29, 0.717) is 18.7 Å². The van der Waals surface area contributed by atoms with Crippen molar-refractivity contribution in [3.05, 3.63) is 35.4 Å². The van der Waals surface area contributed by atoms with Crippen LogP contribution in [0.1, 0.15) is 24.3 Å². The van der Waals surface area contributed by atoms with Gasteiger partial charge in [0.25, 0.3) is 0 Å². The third-order valence-corrected chi connectivity index (χ3v) is 3.57. The molecule has 0 bridgehead atoms. The molecular weight excluding hydrogens is 264 g/mol. The van der Waals surface area contributed by atoms with Gasteiger partial charge in [0.2, 0.25) is 5.91 Å². The lowest BCUT2D eigenvalue weighted by molar-refractivity contribution is -0.121. The van der Waals surface area contributed by atoms with Gasteiger partial charge in [-0.25, -0.2) is 8.78 Å². The minimum Gasteiger partial charge on any atom is -0.351 e. The van der Waals surface area contributed by atoms with Crippen molar-refractivity contribution in [3.8, 4) is 0 Å². The van der Waals surface area contributed by atoms with Gasteiger partial charge in [-0.05, 0) is 30.7 Å². The second kappa shape index (κ2) is 6.76. The Hall–Kier alpha value is -1.53. The second-order valence-electron chi connectivity index (χ2n) is 4.99. The smallest absolute Gasteiger partial charge is 0.221 e. The molecule has 4 nitrogen and oxygen atoms in total. The largest absolute Gasteiger partial charge is 0.351 e. The lowest BCUT2D eigenvalue weighted by Gasteiger charge is -2.33. The average molecular weight is 283 g/mol. The SMILES string of the molecule is NCCC(=O)NC1CNCCC1c1ccc(F)c(F)c1. The zero-order valence-electron chi connectivity index (χ0n) is 11.2. The van der Waals surface area contributed by atoms with Crippen LogP contribution in [0, 0.1) is 11.6 Å². The number of piperidine rings is 1. The molecule has 1 amide bonds. The van der Waals surface area contributed by atoms with E-state index in [9.17, 15) is 13.6 Å². The summed E-state index contributed by atoms with van der Waals surface area (Å²) in [6.07, 6.45) is 1.03. The number of benzene rings is 1. The van der Waals surface area contributed by atoms with Crippen LogP contribution in [0.5, 0.6) is 0 Å². The van der Waals surface area contributed by atoms with Crippen molar-refractivity contribution in [3.63, 3.8) is 0 Å². The zero-order valence-corrected chi connectivity index (χ0v) is 11.2. The fourth-order valence-corrected chi connectivity index (χ4v) is 2.56. The lowest BCUT2D eigenvalue weighted by atomic mass is 9.86. The van der Waals surface area contributed by atoms with E-state index < -0.39 is 11.6 Å². The van der Waals surface area contributed by atoms with E-state index in [0.717, 1.165) is 19.0 Å². The van der Waals surface area contributed by atoms with Gasteiger partial charge < -0.3 is 16.4 Å². The highest BCUT2D eigenvalue weighted by molar-refractivity contribution is 5.76. The molecule has 0 radical (unpaired) electrons. The van der Waals surface area contributed by atoms with Crippen LogP contribution in [0.15, 0.2) is 18.2 Å². The van der Waals surface area contributed by atoms with Crippen molar-refractivity contribution in [2.45, 2.75) is 24.8 Å². The van der Waals surface area contributed by atoms with E-state index in [1.165, 1.54) is 6.07 Å². The molecular formula is C14H19F2N3O. The van der Waals surface area contributed by atoms with Crippen molar-refractivity contribution in [2.75, 3.05) is 19.6 Å². The Kier molecular flexibility index (Phi) is 5.03. The molecule has 1 fully saturated rings. The number of nitrogens with two attached hydrogens (primary N) is 1. The molecule has 1 saturated heterocycles. The highest BCUT2D eigenvalue weighted by Crippen LogP contribution is 2.27. The topological polar surface area (TPSA) is 67.2 Å². The fourth-order valence-electron chi connectivity index (χ4n) is 2.56. The minimum atomic E-state index is -0.855. The zero-order chi connectivity index (χ0) is 14.5. The van der Waals surface area contributed by atoms with Crippen molar-refractivity contribution in [1.29, 1.82) is 0 Å². The Morgan fingerprint density at radius 1 is 1.40 bits per heavy atom. The van der Waals surface area contributed by atoms with E-state index in [1.807, 2.05) is 0 Å². The van der Waals surface area contributed by atoms with Gasteiger partial charge in [0.15, 0.2) is 11.6 Å². The van der Waals surface area contributed by atoms with E-state index in [-0.39, 0.29) is 24.3 Å². The molecule has 4 N–H and O–H groups in total. The summed E-state index contributed by atoms with van der Waals surface area (Å²) < 4.78 is 26.4. The second-order valence-corrected chi connectivity index (χ2v) is 4.99. The van der Waals surface area contributed by atoms with E-state index in [2.05, 4.69) is 10.6 Å². The Labute approximate surface area is 116 Å². The van der Waals surface area contributed by atoms with Crippen LogP contribution in [0.25, 0.3) is 0 Å². The highest BCUT2D eigenvalue weighted by atomic mass is 19.2. The first kappa shape index (κ1) is 14.9. The Morgan fingerprint density at radius 3 is 2.90 bits per heavy atom. The molecule has 0 aromatic heterocycles. The van der Waals surface area contributed by atoms with E-state index in [4.69, 9.17) is 5.73 Å². The molecule has 110 valence electrons. The first-order valence-electron chi connectivity index (χ1n) is 6.77. The van der Waals surface area contributed by atoms with Gasteiger partial charge in [-0.3, -0.25) is 4.79 Å². The standard InChI is InChI=1S/C14H19F2N3O/c15-11-2-1-9(7-12(11)16)10-4-6-18-8-13(10)19-14(20)3-5-17/h1-2,7,10,13,18H,3-6,8,17H2,(H,19,20). The van der Waals surface area contributed by atoms with E-state index in [1.54, 1.807) is 6.07 Å². The van der Waals surface area contributed by atoms with Gasteiger partial charge in [-0.15, -0.1) is 0 Å². The molecule has 1 heterocycles. The summed E-state index contributed by atoms with van der Waals surface area (Å²) in [7, 11) is 0. The van der Waals surface area contributed by atoms with Crippen molar-refractivity contribution < 1.29 is 13.6 Å². The molecule has 1 aromatic rings. The van der Waals surface area contributed by atoms with Gasteiger partial charge in [-0.1, -0.05) is 6.07 Å². The van der Waals surface area contributed by atoms with Gasteiger partial charge >= 0.3 is 0 Å². The van der Waals surface area contributed by atoms with Crippen LogP contribution in [-0.2, 0) is 4.79 Å². The number of halogens is 2. The van der Waals surface area contributed by atoms with Crippen molar-refractivity contribution in [1.82, 2.24) is 10.6 Å². The molecule has 2 rings (SSSR count). The quantitative estimate of drug-likeness (QED) is 0.768. The number of carbonyl (C=O) groups excluding carboxylic acids is 1. The van der Waals surface area contributed by atoms with Gasteiger partial charge in [-0.2, -0.15) is 0 Å². The molecule has 1 aromatic carbocycles. The summed E-state index contributed by atoms with van der Waals surface area (Å²) >= 11 is 0. The van der Waals surface area contributed by atoms with Gasteiger partial charge in [0.05, 0.1) is 0 Å². The monoisotopic (exact) mass is 283 g/mol. The molecule has 1 aliphatic heterocycles. The molecule has 2 atom stereocenters. The predicted octanol–water partition coefficient (Wildman–Crippen LogP) is 0.875. The molecule has 0 spiro atoms. The van der Waals surface area contributed by atoms with E-state index >= 15 is 0 Å².